The van der Waals surface area contributed by atoms with Gasteiger partial charge in [-0.3, -0.25) is 0 Å². The highest BCUT2D eigenvalue weighted by molar-refractivity contribution is 6.20. The Bertz CT molecular complexity index is 1980. The predicted molar refractivity (Wildman–Crippen MR) is 152 cm³/mol. The first-order chi connectivity index (χ1) is 17.3. The van der Waals surface area contributed by atoms with Gasteiger partial charge in [-0.15, -0.1) is 0 Å². The highest BCUT2D eigenvalue weighted by Gasteiger charge is 2.18. The van der Waals surface area contributed by atoms with E-state index in [0.717, 1.165) is 16.9 Å². The molecule has 0 aliphatic carbocycles. The van der Waals surface area contributed by atoms with Gasteiger partial charge in [-0.2, -0.15) is 0 Å². The van der Waals surface area contributed by atoms with E-state index in [-0.39, 0.29) is 0 Å². The van der Waals surface area contributed by atoms with Crippen LogP contribution >= 0.6 is 0 Å². The number of fused-ring (bicyclic) bond motifs is 8. The molecule has 0 saturated heterocycles. The third kappa shape index (κ3) is 2.77. The molecule has 0 aliphatic rings. The van der Waals surface area contributed by atoms with Gasteiger partial charge in [-0.05, 0) is 64.9 Å². The second kappa shape index (κ2) is 7.48. The first-order valence-corrected chi connectivity index (χ1v) is 12.0. The Kier molecular flexibility index (Phi) is 4.24. The van der Waals surface area contributed by atoms with Crippen LogP contribution in [0.2, 0.25) is 0 Å². The third-order valence-corrected chi connectivity index (χ3v) is 7.19. The van der Waals surface area contributed by atoms with Crippen LogP contribution in [0.3, 0.4) is 0 Å². The summed E-state index contributed by atoms with van der Waals surface area (Å²) in [5.74, 6) is 0. The molecular weight excluding hydrogens is 424 g/mol. The fraction of sp³-hybridized carbons (Fsp3) is 0.0303. The number of H-pyrrole nitrogens is 1. The predicted octanol–water partition coefficient (Wildman–Crippen LogP) is 9.25. The van der Waals surface area contributed by atoms with E-state index >= 15 is 0 Å². The maximum atomic E-state index is 4.20. The summed E-state index contributed by atoms with van der Waals surface area (Å²) >= 11 is 0. The van der Waals surface area contributed by atoms with Gasteiger partial charge in [0.2, 0.25) is 0 Å². The van der Waals surface area contributed by atoms with Gasteiger partial charge >= 0.3 is 0 Å². The van der Waals surface area contributed by atoms with Crippen LogP contribution in [-0.4, -0.2) is 9.55 Å². The second-order valence-corrected chi connectivity index (χ2v) is 9.08. The minimum absolute atomic E-state index is 1.15. The molecule has 0 saturated carbocycles. The number of aromatic nitrogens is 2. The van der Waals surface area contributed by atoms with Crippen molar-refractivity contribution in [2.45, 2.75) is 6.92 Å². The van der Waals surface area contributed by atoms with Crippen LogP contribution in [-0.2, 0) is 0 Å². The lowest BCUT2D eigenvalue weighted by atomic mass is 10.0. The molecule has 2 heteroatoms. The van der Waals surface area contributed by atoms with Crippen molar-refractivity contribution < 1.29 is 0 Å². The zero-order valence-corrected chi connectivity index (χ0v) is 19.5. The van der Waals surface area contributed by atoms with E-state index in [4.69, 9.17) is 0 Å². The highest BCUT2D eigenvalue weighted by Crippen LogP contribution is 2.38. The average Bonchev–Trinajstić information content (AvgIpc) is 3.44. The van der Waals surface area contributed by atoms with Crippen molar-refractivity contribution >= 4 is 66.4 Å². The van der Waals surface area contributed by atoms with Crippen LogP contribution in [0.5, 0.6) is 0 Å². The summed E-state index contributed by atoms with van der Waals surface area (Å²) in [6.45, 7) is 6.27. The van der Waals surface area contributed by atoms with Crippen molar-refractivity contribution in [2.24, 2.45) is 0 Å². The smallest absolute Gasteiger partial charge is 0.0547 e. The number of benzene rings is 5. The molecule has 0 unspecified atom stereocenters. The maximum absolute atomic E-state index is 4.20. The Morgan fingerprint density at radius 3 is 2.14 bits per heavy atom. The normalized spacial score (nSPS) is 12.1. The van der Waals surface area contributed by atoms with E-state index in [2.05, 4.69) is 126 Å². The minimum atomic E-state index is 1.15. The van der Waals surface area contributed by atoms with E-state index in [0.29, 0.717) is 0 Å². The van der Waals surface area contributed by atoms with Crippen LogP contribution in [0.25, 0.3) is 72.1 Å². The van der Waals surface area contributed by atoms with E-state index in [1.54, 1.807) is 0 Å². The molecule has 1 N–H and O–H groups in total. The van der Waals surface area contributed by atoms with Crippen LogP contribution in [0.1, 0.15) is 18.2 Å². The van der Waals surface area contributed by atoms with Crippen LogP contribution < -0.4 is 0 Å². The van der Waals surface area contributed by atoms with E-state index in [1.165, 1.54) is 54.3 Å². The molecule has 0 amide bonds. The number of nitrogens with zero attached hydrogens (tertiary/aromatic N) is 1. The van der Waals surface area contributed by atoms with Gasteiger partial charge in [0.1, 0.15) is 0 Å². The fourth-order valence-corrected chi connectivity index (χ4v) is 5.71. The van der Waals surface area contributed by atoms with Crippen molar-refractivity contribution in [3.8, 4) is 5.69 Å². The monoisotopic (exact) mass is 448 g/mol. The molecule has 7 aromatic rings. The second-order valence-electron chi connectivity index (χ2n) is 9.08. The molecule has 0 bridgehead atoms. The maximum Gasteiger partial charge on any atom is 0.0547 e. The Hall–Kier alpha value is -4.56. The molecule has 2 nitrogen and oxygen atoms in total. The first kappa shape index (κ1) is 19.9. The van der Waals surface area contributed by atoms with Gasteiger partial charge in [0.25, 0.3) is 0 Å². The molecule has 0 atom stereocenters. The summed E-state index contributed by atoms with van der Waals surface area (Å²) in [5.41, 5.74) is 6.97. The zero-order chi connectivity index (χ0) is 23.5. The topological polar surface area (TPSA) is 20.7 Å². The molecule has 7 rings (SSSR count). The lowest BCUT2D eigenvalue weighted by Crippen LogP contribution is -1.97. The van der Waals surface area contributed by atoms with Crippen molar-refractivity contribution in [3.63, 3.8) is 0 Å². The Labute approximate surface area is 203 Å². The SMILES string of the molecule is C=Cc1c(/C=C\C)n(-c2ccc3[nH]c4ccc5ccccc5c4c3c2)c2ccc3ccccc3c12. The van der Waals surface area contributed by atoms with Gasteiger partial charge in [0, 0.05) is 38.4 Å². The van der Waals surface area contributed by atoms with Crippen molar-refractivity contribution in [1.82, 2.24) is 9.55 Å². The molecule has 2 aromatic heterocycles. The third-order valence-electron chi connectivity index (χ3n) is 7.19. The van der Waals surface area contributed by atoms with E-state index in [1.807, 2.05) is 6.08 Å². The number of allylic oxidation sites excluding steroid dienone is 1. The van der Waals surface area contributed by atoms with Gasteiger partial charge < -0.3 is 9.55 Å². The van der Waals surface area contributed by atoms with Crippen LogP contribution in [0.4, 0.5) is 0 Å². The zero-order valence-electron chi connectivity index (χ0n) is 19.5. The number of hydrogen-bond acceptors (Lipinski definition) is 0. The van der Waals surface area contributed by atoms with Gasteiger partial charge in [0.05, 0.1) is 11.2 Å². The molecule has 0 spiro atoms. The Morgan fingerprint density at radius 1 is 0.714 bits per heavy atom. The van der Waals surface area contributed by atoms with Crippen molar-refractivity contribution in [3.05, 3.63) is 115 Å². The van der Waals surface area contributed by atoms with Crippen molar-refractivity contribution in [1.29, 1.82) is 0 Å². The fourth-order valence-electron chi connectivity index (χ4n) is 5.71. The molecule has 166 valence electrons. The summed E-state index contributed by atoms with van der Waals surface area (Å²) in [7, 11) is 0. The highest BCUT2D eigenvalue weighted by atomic mass is 15.0. The first-order valence-electron chi connectivity index (χ1n) is 12.0. The number of aromatic amines is 1. The Morgan fingerprint density at radius 2 is 1.40 bits per heavy atom. The number of nitrogens with one attached hydrogen (secondary N) is 1. The lowest BCUT2D eigenvalue weighted by Gasteiger charge is -2.10. The van der Waals surface area contributed by atoms with E-state index in [9.17, 15) is 0 Å². The lowest BCUT2D eigenvalue weighted by molar-refractivity contribution is 1.11. The number of hydrogen-bond donors (Lipinski definition) is 1. The number of rotatable bonds is 3. The molecule has 5 aromatic carbocycles. The Balaban J connectivity index is 1.62. The largest absolute Gasteiger partial charge is 0.354 e. The van der Waals surface area contributed by atoms with Crippen molar-refractivity contribution in [2.75, 3.05) is 0 Å². The summed E-state index contributed by atoms with van der Waals surface area (Å²) in [6.07, 6.45) is 6.30. The summed E-state index contributed by atoms with van der Waals surface area (Å²) < 4.78 is 2.38. The van der Waals surface area contributed by atoms with Crippen LogP contribution in [0.15, 0.2) is 104 Å². The molecule has 0 fully saturated rings. The quantitative estimate of drug-likeness (QED) is 0.278. The van der Waals surface area contributed by atoms with Crippen LogP contribution in [0, 0.1) is 0 Å². The minimum Gasteiger partial charge on any atom is -0.354 e. The summed E-state index contributed by atoms with van der Waals surface area (Å²) in [6, 6.07) is 32.8. The van der Waals surface area contributed by atoms with Gasteiger partial charge in [-0.25, -0.2) is 0 Å². The average molecular weight is 449 g/mol. The molecule has 35 heavy (non-hydrogen) atoms. The molecule has 2 heterocycles. The molecule has 0 aliphatic heterocycles. The van der Waals surface area contributed by atoms with E-state index < -0.39 is 0 Å². The summed E-state index contributed by atoms with van der Waals surface area (Å²) in [4.78, 5) is 3.63. The summed E-state index contributed by atoms with van der Waals surface area (Å²) in [5, 5.41) is 8.79. The standard InChI is InChI=1S/C33H24N2/c1-3-9-30-24(4-2)33-26-13-8-6-11-22(26)15-19-31(33)35(30)23-16-18-28-27(20-23)32-25-12-7-5-10-21(25)14-17-29(32)34-28/h3-20,34H,2H2,1H3/b9-3-. The van der Waals surface area contributed by atoms with Gasteiger partial charge in [0.15, 0.2) is 0 Å². The molecule has 0 radical (unpaired) electrons. The molecular formula is C33H24N2. The van der Waals surface area contributed by atoms with Gasteiger partial charge in [-0.1, -0.05) is 79.4 Å².